The minimum atomic E-state index is 0.427. The van der Waals surface area contributed by atoms with Crippen LogP contribution in [-0.2, 0) is 6.54 Å². The molecule has 0 bridgehead atoms. The maximum absolute atomic E-state index is 3.55. The van der Waals surface area contributed by atoms with Crippen LogP contribution >= 0.6 is 0 Å². The van der Waals surface area contributed by atoms with Gasteiger partial charge in [-0.2, -0.15) is 0 Å². The zero-order valence-electron chi connectivity index (χ0n) is 9.71. The van der Waals surface area contributed by atoms with Crippen molar-refractivity contribution in [2.45, 2.75) is 31.3 Å². The number of nitrogens with zero attached hydrogens (tertiary/aromatic N) is 1. The lowest BCUT2D eigenvalue weighted by molar-refractivity contribution is 0.0598. The van der Waals surface area contributed by atoms with Gasteiger partial charge in [-0.15, -0.1) is 0 Å². The molecule has 0 amide bonds. The van der Waals surface area contributed by atoms with Crippen LogP contribution in [0, 0.1) is 0 Å². The van der Waals surface area contributed by atoms with E-state index in [1.807, 2.05) is 6.20 Å². The summed E-state index contributed by atoms with van der Waals surface area (Å²) in [6, 6.07) is 2.12. The number of hydrogen-bond acceptors (Lipinski definition) is 2. The van der Waals surface area contributed by atoms with Crippen molar-refractivity contribution in [1.29, 1.82) is 0 Å². The minimum Gasteiger partial charge on any atom is -0.367 e. The standard InChI is InChI=1S/C12H21N3/c1-15(2)12(5-3-6-12)10-14-9-11-4-7-13-8-11/h4,7-8,13-14H,3,5-6,9-10H2,1-2H3. The lowest BCUT2D eigenvalue weighted by Crippen LogP contribution is -2.56. The van der Waals surface area contributed by atoms with Gasteiger partial charge in [0, 0.05) is 31.0 Å². The number of aromatic nitrogens is 1. The number of hydrogen-bond donors (Lipinski definition) is 2. The van der Waals surface area contributed by atoms with E-state index in [0.717, 1.165) is 13.1 Å². The molecule has 0 unspecified atom stereocenters. The molecule has 15 heavy (non-hydrogen) atoms. The molecule has 1 aliphatic carbocycles. The maximum atomic E-state index is 3.55. The van der Waals surface area contributed by atoms with Crippen LogP contribution in [0.25, 0.3) is 0 Å². The van der Waals surface area contributed by atoms with Crippen molar-refractivity contribution in [3.05, 3.63) is 24.0 Å². The molecule has 2 rings (SSSR count). The van der Waals surface area contributed by atoms with Crippen molar-refractivity contribution in [2.24, 2.45) is 0 Å². The highest BCUT2D eigenvalue weighted by atomic mass is 15.2. The Morgan fingerprint density at radius 3 is 2.73 bits per heavy atom. The molecule has 1 fully saturated rings. The monoisotopic (exact) mass is 207 g/mol. The van der Waals surface area contributed by atoms with E-state index in [1.54, 1.807) is 0 Å². The third-order valence-corrected chi connectivity index (χ3v) is 3.68. The predicted molar refractivity (Wildman–Crippen MR) is 62.8 cm³/mol. The van der Waals surface area contributed by atoms with E-state index in [4.69, 9.17) is 0 Å². The third kappa shape index (κ3) is 2.24. The molecule has 1 saturated carbocycles. The van der Waals surface area contributed by atoms with Crippen molar-refractivity contribution in [3.63, 3.8) is 0 Å². The highest BCUT2D eigenvalue weighted by Crippen LogP contribution is 2.35. The summed E-state index contributed by atoms with van der Waals surface area (Å²) >= 11 is 0. The first-order valence-electron chi connectivity index (χ1n) is 5.73. The van der Waals surface area contributed by atoms with Crippen LogP contribution in [0.3, 0.4) is 0 Å². The van der Waals surface area contributed by atoms with Gasteiger partial charge < -0.3 is 15.2 Å². The molecule has 84 valence electrons. The molecule has 3 nitrogen and oxygen atoms in total. The molecular weight excluding hydrogens is 186 g/mol. The average Bonchev–Trinajstić information content (AvgIpc) is 2.61. The third-order valence-electron chi connectivity index (χ3n) is 3.68. The zero-order valence-corrected chi connectivity index (χ0v) is 9.71. The first kappa shape index (κ1) is 10.7. The first-order chi connectivity index (χ1) is 7.23. The number of rotatable bonds is 5. The van der Waals surface area contributed by atoms with Crippen molar-refractivity contribution >= 4 is 0 Å². The molecular formula is C12H21N3. The Labute approximate surface area is 91.9 Å². The lowest BCUT2D eigenvalue weighted by atomic mass is 9.75. The van der Waals surface area contributed by atoms with Gasteiger partial charge in [-0.25, -0.2) is 0 Å². The molecule has 0 atom stereocenters. The van der Waals surface area contributed by atoms with E-state index in [9.17, 15) is 0 Å². The Morgan fingerprint density at radius 2 is 2.27 bits per heavy atom. The van der Waals surface area contributed by atoms with Crippen LogP contribution in [0.4, 0.5) is 0 Å². The molecule has 1 aliphatic rings. The Morgan fingerprint density at radius 1 is 1.47 bits per heavy atom. The van der Waals surface area contributed by atoms with Crippen molar-refractivity contribution < 1.29 is 0 Å². The number of likely N-dealkylation sites (N-methyl/N-ethyl adjacent to an activating group) is 1. The molecule has 3 heteroatoms. The smallest absolute Gasteiger partial charge is 0.0328 e. The molecule has 1 heterocycles. The van der Waals surface area contributed by atoms with Gasteiger partial charge in [0.15, 0.2) is 0 Å². The van der Waals surface area contributed by atoms with E-state index >= 15 is 0 Å². The van der Waals surface area contributed by atoms with Crippen LogP contribution < -0.4 is 5.32 Å². The summed E-state index contributed by atoms with van der Waals surface area (Å²) in [7, 11) is 4.38. The fourth-order valence-electron chi connectivity index (χ4n) is 2.27. The zero-order chi connectivity index (χ0) is 10.7. The van der Waals surface area contributed by atoms with Gasteiger partial charge in [0.25, 0.3) is 0 Å². The summed E-state index contributed by atoms with van der Waals surface area (Å²) in [5, 5.41) is 3.55. The summed E-state index contributed by atoms with van der Waals surface area (Å²) in [5.74, 6) is 0. The van der Waals surface area contributed by atoms with Crippen LogP contribution in [0.5, 0.6) is 0 Å². The Hall–Kier alpha value is -0.800. The molecule has 0 aliphatic heterocycles. The Bertz CT molecular complexity index is 286. The average molecular weight is 207 g/mol. The van der Waals surface area contributed by atoms with E-state index in [1.165, 1.54) is 24.8 Å². The predicted octanol–water partition coefficient (Wildman–Crippen LogP) is 1.59. The van der Waals surface area contributed by atoms with Crippen LogP contribution in [0.15, 0.2) is 18.5 Å². The second kappa shape index (κ2) is 4.37. The first-order valence-corrected chi connectivity index (χ1v) is 5.73. The maximum Gasteiger partial charge on any atom is 0.0328 e. The number of nitrogens with one attached hydrogen (secondary N) is 2. The van der Waals surface area contributed by atoms with Crippen molar-refractivity contribution in [3.8, 4) is 0 Å². The molecule has 1 aromatic rings. The Kier molecular flexibility index (Phi) is 3.12. The lowest BCUT2D eigenvalue weighted by Gasteiger charge is -2.47. The quantitative estimate of drug-likeness (QED) is 0.768. The van der Waals surface area contributed by atoms with E-state index < -0.39 is 0 Å². The summed E-state index contributed by atoms with van der Waals surface area (Å²) < 4.78 is 0. The van der Waals surface area contributed by atoms with Gasteiger partial charge in [0.1, 0.15) is 0 Å². The van der Waals surface area contributed by atoms with Gasteiger partial charge in [0.05, 0.1) is 0 Å². The topological polar surface area (TPSA) is 31.1 Å². The molecule has 0 radical (unpaired) electrons. The molecule has 1 aromatic heterocycles. The van der Waals surface area contributed by atoms with Gasteiger partial charge in [-0.3, -0.25) is 0 Å². The fraction of sp³-hybridized carbons (Fsp3) is 0.667. The van der Waals surface area contributed by atoms with Gasteiger partial charge in [0.2, 0.25) is 0 Å². The van der Waals surface area contributed by atoms with Crippen molar-refractivity contribution in [2.75, 3.05) is 20.6 Å². The summed E-state index contributed by atoms with van der Waals surface area (Å²) in [4.78, 5) is 5.45. The number of aromatic amines is 1. The molecule has 0 spiro atoms. The van der Waals surface area contributed by atoms with Gasteiger partial charge in [-0.05, 0) is 45.0 Å². The van der Waals surface area contributed by atoms with E-state index in [2.05, 4.69) is 41.6 Å². The summed E-state index contributed by atoms with van der Waals surface area (Å²) in [6.45, 7) is 2.07. The highest BCUT2D eigenvalue weighted by molar-refractivity contribution is 5.08. The number of H-pyrrole nitrogens is 1. The minimum absolute atomic E-state index is 0.427. The molecule has 0 saturated heterocycles. The van der Waals surface area contributed by atoms with Crippen LogP contribution in [0.2, 0.25) is 0 Å². The fourth-order valence-corrected chi connectivity index (χ4v) is 2.27. The normalized spacial score (nSPS) is 19.1. The van der Waals surface area contributed by atoms with E-state index in [-0.39, 0.29) is 0 Å². The second-order valence-corrected chi connectivity index (χ2v) is 4.80. The largest absolute Gasteiger partial charge is 0.367 e. The summed E-state index contributed by atoms with van der Waals surface area (Å²) in [5.41, 5.74) is 1.76. The van der Waals surface area contributed by atoms with Crippen LogP contribution in [0.1, 0.15) is 24.8 Å². The highest BCUT2D eigenvalue weighted by Gasteiger charge is 2.38. The molecule has 0 aromatic carbocycles. The van der Waals surface area contributed by atoms with E-state index in [0.29, 0.717) is 5.54 Å². The van der Waals surface area contributed by atoms with Crippen molar-refractivity contribution in [1.82, 2.24) is 15.2 Å². The van der Waals surface area contributed by atoms with Gasteiger partial charge in [-0.1, -0.05) is 0 Å². The SMILES string of the molecule is CN(C)C1(CNCc2cc[nH]c2)CCC1. The van der Waals surface area contributed by atoms with Gasteiger partial charge >= 0.3 is 0 Å². The second-order valence-electron chi connectivity index (χ2n) is 4.80. The summed E-state index contributed by atoms with van der Waals surface area (Å²) in [6.07, 6.45) is 8.07. The Balaban J connectivity index is 1.77. The van der Waals surface area contributed by atoms with Crippen LogP contribution in [-0.4, -0.2) is 36.1 Å². The molecule has 2 N–H and O–H groups in total.